The Bertz CT molecular complexity index is 570. The Morgan fingerprint density at radius 3 is 1.13 bits per heavy atom. The van der Waals surface area contributed by atoms with Crippen molar-refractivity contribution >= 4 is 35.6 Å². The monoisotopic (exact) mass is 360 g/mol. The first-order valence-electron chi connectivity index (χ1n) is 8.14. The van der Waals surface area contributed by atoms with Crippen LogP contribution >= 0.6 is 0 Å². The minimum Gasteiger partial charge on any atom is -0.433 e. The second-order valence-electron chi connectivity index (χ2n) is 7.36. The molecule has 124 valence electrons. The summed E-state index contributed by atoms with van der Waals surface area (Å²) in [5.41, 5.74) is 0. The molecule has 0 aliphatic heterocycles. The summed E-state index contributed by atoms with van der Waals surface area (Å²) < 4.78 is 13.3. The fourth-order valence-electron chi connectivity index (χ4n) is 3.05. The predicted molar refractivity (Wildman–Crippen MR) is 107 cm³/mol. The molecule has 0 atom stereocenters. The summed E-state index contributed by atoms with van der Waals surface area (Å²) in [5, 5.41) is 2.65. The highest BCUT2D eigenvalue weighted by molar-refractivity contribution is 6.95. The largest absolute Gasteiger partial charge is 0.433 e. The van der Waals surface area contributed by atoms with E-state index in [0.29, 0.717) is 0 Å². The van der Waals surface area contributed by atoms with Gasteiger partial charge in [0.2, 0.25) is 16.6 Å². The van der Waals surface area contributed by atoms with Crippen molar-refractivity contribution in [1.29, 1.82) is 0 Å². The van der Waals surface area contributed by atoms with E-state index in [0.717, 1.165) is 0 Å². The Balaban J connectivity index is 2.16. The Labute approximate surface area is 144 Å². The van der Waals surface area contributed by atoms with Crippen molar-refractivity contribution in [2.24, 2.45) is 0 Å². The Morgan fingerprint density at radius 2 is 0.826 bits per heavy atom. The van der Waals surface area contributed by atoms with Crippen LogP contribution in [-0.2, 0) is 8.23 Å². The summed E-state index contributed by atoms with van der Waals surface area (Å²) in [5.74, 6) is 0. The van der Waals surface area contributed by atoms with Crippen molar-refractivity contribution in [2.45, 2.75) is 39.3 Å². The fraction of sp³-hybridized carbons (Fsp3) is 0.333. The van der Waals surface area contributed by atoms with Crippen LogP contribution in [0.3, 0.4) is 0 Å². The quantitative estimate of drug-likeness (QED) is 0.726. The lowest BCUT2D eigenvalue weighted by molar-refractivity contribution is 0.401. The smallest absolute Gasteiger partial charge is 0.311 e. The minimum absolute atomic E-state index is 1.32. The highest BCUT2D eigenvalue weighted by atomic mass is 28.5. The first-order valence-corrected chi connectivity index (χ1v) is 16.8. The predicted octanol–water partition coefficient (Wildman–Crippen LogP) is 3.95. The molecule has 0 unspecified atom stereocenters. The molecule has 2 aromatic rings. The standard InChI is InChI=1S/C18H28O2Si3/c1-21(2,17-13-9-7-10-14-17)19-23(5,6)20-22(3,4)18-15-11-8-12-16-18/h7-16H,1-6H3. The van der Waals surface area contributed by atoms with Crippen LogP contribution in [0.25, 0.3) is 0 Å². The van der Waals surface area contributed by atoms with Gasteiger partial charge in [0.25, 0.3) is 0 Å². The summed E-state index contributed by atoms with van der Waals surface area (Å²) in [6.07, 6.45) is 0. The van der Waals surface area contributed by atoms with E-state index in [1.807, 2.05) is 0 Å². The molecule has 0 aliphatic carbocycles. The van der Waals surface area contributed by atoms with Crippen LogP contribution in [-0.4, -0.2) is 25.2 Å². The average molecular weight is 361 g/mol. The van der Waals surface area contributed by atoms with Gasteiger partial charge in [0.1, 0.15) is 0 Å². The highest BCUT2D eigenvalue weighted by Crippen LogP contribution is 2.20. The zero-order valence-electron chi connectivity index (χ0n) is 15.1. The maximum Gasteiger partial charge on any atom is 0.311 e. The molecule has 0 saturated carbocycles. The van der Waals surface area contributed by atoms with E-state index in [1.54, 1.807) is 0 Å². The molecular weight excluding hydrogens is 332 g/mol. The summed E-state index contributed by atoms with van der Waals surface area (Å²) >= 11 is 0. The Morgan fingerprint density at radius 1 is 0.522 bits per heavy atom. The van der Waals surface area contributed by atoms with Crippen LogP contribution in [0, 0.1) is 0 Å². The second kappa shape index (κ2) is 6.86. The van der Waals surface area contributed by atoms with Crippen LogP contribution in [0.1, 0.15) is 0 Å². The number of hydrogen-bond acceptors (Lipinski definition) is 2. The molecule has 0 amide bonds. The van der Waals surface area contributed by atoms with Crippen LogP contribution in [0.15, 0.2) is 60.7 Å². The third kappa shape index (κ3) is 4.99. The molecule has 0 radical (unpaired) electrons. The van der Waals surface area contributed by atoms with Gasteiger partial charge in [0, 0.05) is 0 Å². The summed E-state index contributed by atoms with van der Waals surface area (Å²) in [6.45, 7) is 13.4. The molecule has 23 heavy (non-hydrogen) atoms. The summed E-state index contributed by atoms with van der Waals surface area (Å²) in [6, 6.07) is 21.2. The van der Waals surface area contributed by atoms with Gasteiger partial charge >= 0.3 is 8.56 Å². The molecule has 0 bridgehead atoms. The van der Waals surface area contributed by atoms with E-state index in [9.17, 15) is 0 Å². The van der Waals surface area contributed by atoms with Gasteiger partial charge in [-0.3, -0.25) is 0 Å². The van der Waals surface area contributed by atoms with Crippen molar-refractivity contribution in [3.63, 3.8) is 0 Å². The van der Waals surface area contributed by atoms with Crippen molar-refractivity contribution in [3.8, 4) is 0 Å². The lowest BCUT2D eigenvalue weighted by Crippen LogP contribution is -2.59. The molecule has 2 nitrogen and oxygen atoms in total. The van der Waals surface area contributed by atoms with Crippen molar-refractivity contribution in [2.75, 3.05) is 0 Å². The molecule has 2 aromatic carbocycles. The van der Waals surface area contributed by atoms with E-state index >= 15 is 0 Å². The second-order valence-corrected chi connectivity index (χ2v) is 19.0. The van der Waals surface area contributed by atoms with E-state index < -0.39 is 25.2 Å². The molecule has 0 aromatic heterocycles. The molecule has 2 rings (SSSR count). The van der Waals surface area contributed by atoms with E-state index in [1.165, 1.54) is 10.4 Å². The van der Waals surface area contributed by atoms with Crippen LogP contribution in [0.4, 0.5) is 0 Å². The van der Waals surface area contributed by atoms with Crippen molar-refractivity contribution in [3.05, 3.63) is 60.7 Å². The van der Waals surface area contributed by atoms with Gasteiger partial charge in [0.15, 0.2) is 0 Å². The van der Waals surface area contributed by atoms with Gasteiger partial charge in [-0.2, -0.15) is 0 Å². The number of benzene rings is 2. The van der Waals surface area contributed by atoms with E-state index in [4.69, 9.17) is 8.23 Å². The molecule has 0 saturated heterocycles. The zero-order chi connectivity index (χ0) is 17.1. The molecule has 0 heterocycles. The van der Waals surface area contributed by atoms with Gasteiger partial charge in [-0.05, 0) is 49.7 Å². The SMILES string of the molecule is C[Si](C)(O[Si](C)(C)c1ccccc1)O[Si](C)(C)c1ccccc1. The first-order chi connectivity index (χ1) is 10.6. The van der Waals surface area contributed by atoms with E-state index in [-0.39, 0.29) is 0 Å². The summed E-state index contributed by atoms with van der Waals surface area (Å²) in [4.78, 5) is 0. The number of rotatable bonds is 6. The molecule has 5 heteroatoms. The van der Waals surface area contributed by atoms with Crippen LogP contribution in [0.2, 0.25) is 39.3 Å². The molecular formula is C18H28O2Si3. The maximum absolute atomic E-state index is 6.66. The molecule has 0 aliphatic rings. The van der Waals surface area contributed by atoms with Gasteiger partial charge in [-0.25, -0.2) is 0 Å². The highest BCUT2D eigenvalue weighted by Gasteiger charge is 2.41. The number of hydrogen-bond donors (Lipinski definition) is 0. The normalized spacial score (nSPS) is 13.1. The third-order valence-corrected chi connectivity index (χ3v) is 15.4. The maximum atomic E-state index is 6.66. The fourth-order valence-corrected chi connectivity index (χ4v) is 16.4. The van der Waals surface area contributed by atoms with Gasteiger partial charge in [-0.1, -0.05) is 60.7 Å². The van der Waals surface area contributed by atoms with Crippen molar-refractivity contribution < 1.29 is 8.23 Å². The Hall–Kier alpha value is -0.989. The van der Waals surface area contributed by atoms with Gasteiger partial charge in [-0.15, -0.1) is 0 Å². The molecule has 0 N–H and O–H groups in total. The lowest BCUT2D eigenvalue weighted by Gasteiger charge is -2.39. The zero-order valence-corrected chi connectivity index (χ0v) is 18.1. The minimum atomic E-state index is -2.22. The van der Waals surface area contributed by atoms with Crippen molar-refractivity contribution in [1.82, 2.24) is 0 Å². The summed E-state index contributed by atoms with van der Waals surface area (Å²) in [7, 11) is -6.13. The molecule has 0 fully saturated rings. The Kier molecular flexibility index (Phi) is 5.48. The van der Waals surface area contributed by atoms with Gasteiger partial charge < -0.3 is 8.23 Å². The van der Waals surface area contributed by atoms with E-state index in [2.05, 4.69) is 99.9 Å². The average Bonchev–Trinajstić information content (AvgIpc) is 2.47. The third-order valence-electron chi connectivity index (χ3n) is 3.94. The topological polar surface area (TPSA) is 18.5 Å². The van der Waals surface area contributed by atoms with Crippen LogP contribution in [0.5, 0.6) is 0 Å². The first kappa shape index (κ1) is 18.4. The van der Waals surface area contributed by atoms with Crippen LogP contribution < -0.4 is 10.4 Å². The molecule has 0 spiro atoms. The lowest BCUT2D eigenvalue weighted by atomic mass is 10.4. The van der Waals surface area contributed by atoms with Gasteiger partial charge in [0.05, 0.1) is 0 Å².